The number of nitrogens with zero attached hydrogens (tertiary/aromatic N) is 2. The molecule has 0 radical (unpaired) electrons. The first-order valence-corrected chi connectivity index (χ1v) is 28.4. The summed E-state index contributed by atoms with van der Waals surface area (Å²) < 4.78 is 5.11. The summed E-state index contributed by atoms with van der Waals surface area (Å²) in [6.45, 7) is 0. The SMILES string of the molecule is c1ccc(-c2ccccc2-n2c3ccccc3c3cccc(-n4c5ccccc5c5ccc([Si]6(c7ccccc7)c7ccccc7[Si](c7ccccc7)(c7ccccc7)c7ccccc76)cc54)c32)cc1. The molecule has 1 aliphatic rings. The van der Waals surface area contributed by atoms with Gasteiger partial charge in [-0.2, -0.15) is 0 Å². The van der Waals surface area contributed by atoms with Crippen LogP contribution in [0.5, 0.6) is 0 Å². The topological polar surface area (TPSA) is 9.86 Å². The van der Waals surface area contributed by atoms with Crippen LogP contribution in [0, 0.1) is 0 Å². The van der Waals surface area contributed by atoms with E-state index in [-0.39, 0.29) is 0 Å². The van der Waals surface area contributed by atoms with Crippen LogP contribution in [0.1, 0.15) is 0 Å². The number of hydrogen-bond donors (Lipinski definition) is 0. The summed E-state index contributed by atoms with van der Waals surface area (Å²) in [6, 6.07) is 106. The van der Waals surface area contributed by atoms with Crippen LogP contribution in [0.3, 0.4) is 0 Å². The third kappa shape index (κ3) is 5.66. The lowest BCUT2D eigenvalue weighted by Gasteiger charge is -2.48. The lowest BCUT2D eigenvalue weighted by molar-refractivity contribution is 1.13. The van der Waals surface area contributed by atoms with Gasteiger partial charge in [-0.15, -0.1) is 0 Å². The predicted molar refractivity (Wildman–Crippen MR) is 301 cm³/mol. The zero-order valence-electron chi connectivity index (χ0n) is 38.5. The normalized spacial score (nSPS) is 13.7. The molecule has 4 heteroatoms. The highest BCUT2D eigenvalue weighted by molar-refractivity contribution is 7.33. The fourth-order valence-corrected chi connectivity index (χ4v) is 24.7. The molecule has 0 aliphatic carbocycles. The standard InChI is InChI=1S/C66H46N2Si2/c1-5-24-47(25-6-1)52-32-13-16-36-57(52)68-59-38-18-15-34-54(59)56-35-23-39-60(66(56)68)67-58-37-17-14-33-53(58)55-45-44-51(46-61(55)67)70(50-30-11-4-12-31-50)64-42-21-19-40-62(64)69(48-26-7-2-8-27-48,49-28-9-3-10-29-49)63-41-20-22-43-65(63)70/h1-46H. The maximum Gasteiger partial charge on any atom is 0.179 e. The molecule has 2 nitrogen and oxygen atoms in total. The van der Waals surface area contributed by atoms with Gasteiger partial charge in [0.25, 0.3) is 0 Å². The van der Waals surface area contributed by atoms with Gasteiger partial charge in [-0.05, 0) is 77.4 Å². The quantitative estimate of drug-likeness (QED) is 0.141. The molecule has 328 valence electrons. The van der Waals surface area contributed by atoms with E-state index < -0.39 is 16.1 Å². The highest BCUT2D eigenvalue weighted by atomic mass is 28.3. The Morgan fingerprint density at radius 3 is 1.21 bits per heavy atom. The van der Waals surface area contributed by atoms with Crippen molar-refractivity contribution >= 4 is 101 Å². The van der Waals surface area contributed by atoms with Gasteiger partial charge in [0, 0.05) is 27.1 Å². The van der Waals surface area contributed by atoms with E-state index in [0.717, 1.165) is 11.4 Å². The highest BCUT2D eigenvalue weighted by Crippen LogP contribution is 2.41. The maximum atomic E-state index is 2.60. The largest absolute Gasteiger partial charge is 0.307 e. The molecule has 70 heavy (non-hydrogen) atoms. The Labute approximate surface area is 409 Å². The van der Waals surface area contributed by atoms with E-state index in [1.54, 1.807) is 0 Å². The molecule has 14 rings (SSSR count). The molecule has 0 bridgehead atoms. The van der Waals surface area contributed by atoms with E-state index in [9.17, 15) is 0 Å². The van der Waals surface area contributed by atoms with Crippen molar-refractivity contribution in [3.63, 3.8) is 0 Å². The molecule has 13 aromatic rings. The Balaban J connectivity index is 1.12. The Morgan fingerprint density at radius 2 is 0.643 bits per heavy atom. The summed E-state index contributed by atoms with van der Waals surface area (Å²) in [4.78, 5) is 0. The second-order valence-corrected chi connectivity index (χ2v) is 26.1. The predicted octanol–water partition coefficient (Wildman–Crippen LogP) is 10.6. The highest BCUT2D eigenvalue weighted by Gasteiger charge is 2.56. The molecule has 0 amide bonds. The Kier molecular flexibility index (Phi) is 9.28. The molecular weight excluding hydrogens is 877 g/mol. The molecule has 0 N–H and O–H groups in total. The van der Waals surface area contributed by atoms with Crippen LogP contribution in [0.2, 0.25) is 0 Å². The molecule has 1 aliphatic heterocycles. The second-order valence-electron chi connectivity index (χ2n) is 18.7. The second kappa shape index (κ2) is 16.0. The van der Waals surface area contributed by atoms with Gasteiger partial charge in [0.1, 0.15) is 0 Å². The lowest BCUT2D eigenvalue weighted by atomic mass is 10.0. The molecule has 0 saturated carbocycles. The first-order valence-electron chi connectivity index (χ1n) is 24.4. The van der Waals surface area contributed by atoms with Crippen LogP contribution < -0.4 is 41.5 Å². The summed E-state index contributed by atoms with van der Waals surface area (Å²) >= 11 is 0. The van der Waals surface area contributed by atoms with Crippen LogP contribution in [0.15, 0.2) is 279 Å². The number of rotatable bonds is 7. The monoisotopic (exact) mass is 922 g/mol. The molecule has 0 spiro atoms. The maximum absolute atomic E-state index is 3.09. The first kappa shape index (κ1) is 40.5. The number of hydrogen-bond acceptors (Lipinski definition) is 0. The minimum absolute atomic E-state index is 1.15. The van der Waals surface area contributed by atoms with Crippen molar-refractivity contribution < 1.29 is 0 Å². The molecule has 11 aromatic carbocycles. The van der Waals surface area contributed by atoms with Gasteiger partial charge in [-0.1, -0.05) is 249 Å². The lowest BCUT2D eigenvalue weighted by Crippen LogP contribution is -2.93. The zero-order valence-corrected chi connectivity index (χ0v) is 40.5. The molecule has 2 aromatic heterocycles. The molecule has 0 saturated heterocycles. The molecule has 0 fully saturated rings. The van der Waals surface area contributed by atoms with Gasteiger partial charge < -0.3 is 9.13 Å². The van der Waals surface area contributed by atoms with Crippen molar-refractivity contribution in [3.8, 4) is 22.5 Å². The molecule has 0 unspecified atom stereocenters. The number of benzene rings is 11. The van der Waals surface area contributed by atoms with Gasteiger partial charge >= 0.3 is 0 Å². The first-order chi connectivity index (χ1) is 34.8. The van der Waals surface area contributed by atoms with E-state index in [0.29, 0.717) is 0 Å². The van der Waals surface area contributed by atoms with Crippen LogP contribution in [-0.2, 0) is 0 Å². The number of fused-ring (bicyclic) bond motifs is 8. The van der Waals surface area contributed by atoms with Gasteiger partial charge in [0.05, 0.1) is 33.4 Å². The number of aromatic nitrogens is 2. The van der Waals surface area contributed by atoms with Crippen LogP contribution in [0.4, 0.5) is 0 Å². The molecule has 0 atom stereocenters. The van der Waals surface area contributed by atoms with E-state index in [1.807, 2.05) is 0 Å². The fraction of sp³-hybridized carbons (Fsp3) is 0. The van der Waals surface area contributed by atoms with Crippen molar-refractivity contribution in [2.24, 2.45) is 0 Å². The van der Waals surface area contributed by atoms with Crippen molar-refractivity contribution in [1.82, 2.24) is 9.13 Å². The minimum atomic E-state index is -3.09. The summed E-state index contributed by atoms with van der Waals surface area (Å²) in [6.07, 6.45) is 0. The third-order valence-electron chi connectivity index (χ3n) is 15.3. The van der Waals surface area contributed by atoms with Crippen molar-refractivity contribution in [1.29, 1.82) is 0 Å². The van der Waals surface area contributed by atoms with Crippen LogP contribution >= 0.6 is 0 Å². The third-order valence-corrected chi connectivity index (χ3v) is 25.6. The summed E-state index contributed by atoms with van der Waals surface area (Å²) in [5.41, 5.74) is 9.46. The van der Waals surface area contributed by atoms with Crippen molar-refractivity contribution in [2.45, 2.75) is 0 Å². The summed E-state index contributed by atoms with van der Waals surface area (Å²) in [5.74, 6) is 0. The number of para-hydroxylation sites is 4. The van der Waals surface area contributed by atoms with Crippen molar-refractivity contribution in [2.75, 3.05) is 0 Å². The Bertz CT molecular complexity index is 4030. The average molecular weight is 923 g/mol. The molecule has 3 heterocycles. The van der Waals surface area contributed by atoms with Gasteiger partial charge in [0.2, 0.25) is 0 Å². The van der Waals surface area contributed by atoms with Gasteiger partial charge in [-0.3, -0.25) is 0 Å². The van der Waals surface area contributed by atoms with Crippen molar-refractivity contribution in [3.05, 3.63) is 279 Å². The van der Waals surface area contributed by atoms with E-state index in [1.165, 1.54) is 96.2 Å². The van der Waals surface area contributed by atoms with E-state index in [2.05, 4.69) is 288 Å². The van der Waals surface area contributed by atoms with E-state index in [4.69, 9.17) is 0 Å². The van der Waals surface area contributed by atoms with E-state index >= 15 is 0 Å². The zero-order chi connectivity index (χ0) is 46.2. The summed E-state index contributed by atoms with van der Waals surface area (Å²) in [5, 5.41) is 16.4. The molecular formula is C66H46N2Si2. The fourth-order valence-electron chi connectivity index (χ4n) is 12.6. The van der Waals surface area contributed by atoms with Gasteiger partial charge in [-0.25, -0.2) is 0 Å². The van der Waals surface area contributed by atoms with Crippen LogP contribution in [0.25, 0.3) is 66.1 Å². The van der Waals surface area contributed by atoms with Gasteiger partial charge in [0.15, 0.2) is 16.1 Å². The summed E-state index contributed by atoms with van der Waals surface area (Å²) in [7, 11) is -5.96. The minimum Gasteiger partial charge on any atom is -0.307 e. The van der Waals surface area contributed by atoms with Crippen LogP contribution in [-0.4, -0.2) is 25.3 Å². The average Bonchev–Trinajstić information content (AvgIpc) is 3.96. The Morgan fingerprint density at radius 1 is 0.243 bits per heavy atom. The smallest absolute Gasteiger partial charge is 0.179 e. The Hall–Kier alpha value is -8.55.